The van der Waals surface area contributed by atoms with Gasteiger partial charge >= 0.3 is 0 Å². The van der Waals surface area contributed by atoms with Crippen molar-refractivity contribution in [1.82, 2.24) is 9.97 Å². The first-order chi connectivity index (χ1) is 9.66. The van der Waals surface area contributed by atoms with Crippen molar-refractivity contribution in [3.8, 4) is 11.4 Å². The summed E-state index contributed by atoms with van der Waals surface area (Å²) in [6.45, 7) is 0. The topological polar surface area (TPSA) is 48.9 Å². The number of H-pyrrole nitrogens is 1. The number of halogens is 2. The van der Waals surface area contributed by atoms with Crippen LogP contribution in [0.3, 0.4) is 0 Å². The van der Waals surface area contributed by atoms with E-state index in [1.165, 1.54) is 11.3 Å². The maximum atomic E-state index is 10.6. The smallest absolute Gasteiger partial charge is 0.138 e. The number of rotatable bonds is 3. The van der Waals surface area contributed by atoms with E-state index in [9.17, 15) is 5.11 Å². The molecule has 0 aliphatic carbocycles. The monoisotopic (exact) mass is 324 g/mol. The zero-order chi connectivity index (χ0) is 14.1. The summed E-state index contributed by atoms with van der Waals surface area (Å²) >= 11 is 13.5. The Morgan fingerprint density at radius 3 is 2.80 bits per heavy atom. The van der Waals surface area contributed by atoms with E-state index in [4.69, 9.17) is 23.2 Å². The number of imidazole rings is 1. The van der Waals surface area contributed by atoms with Crippen molar-refractivity contribution in [3.05, 3.63) is 62.5 Å². The zero-order valence-electron chi connectivity index (χ0n) is 10.2. The number of aromatic amines is 1. The highest BCUT2D eigenvalue weighted by Gasteiger charge is 2.20. The highest BCUT2D eigenvalue weighted by molar-refractivity contribution is 7.10. The Morgan fingerprint density at radius 2 is 2.10 bits per heavy atom. The SMILES string of the molecule is OC(c1ccc(Cl)cc1Cl)c1sccc1-c1ncc[nH]1. The molecule has 0 aliphatic rings. The molecule has 20 heavy (non-hydrogen) atoms. The van der Waals surface area contributed by atoms with Gasteiger partial charge in [0.1, 0.15) is 11.9 Å². The summed E-state index contributed by atoms with van der Waals surface area (Å²) in [5, 5.41) is 13.5. The lowest BCUT2D eigenvalue weighted by Gasteiger charge is -2.13. The van der Waals surface area contributed by atoms with Crippen molar-refractivity contribution in [2.75, 3.05) is 0 Å². The van der Waals surface area contributed by atoms with Crippen molar-refractivity contribution >= 4 is 34.5 Å². The molecule has 3 aromatic rings. The van der Waals surface area contributed by atoms with Gasteiger partial charge in [-0.1, -0.05) is 29.3 Å². The quantitative estimate of drug-likeness (QED) is 0.743. The Labute approximate surface area is 129 Å². The van der Waals surface area contributed by atoms with Gasteiger partial charge in [0.2, 0.25) is 0 Å². The minimum atomic E-state index is -0.806. The summed E-state index contributed by atoms with van der Waals surface area (Å²) in [4.78, 5) is 8.05. The Hall–Kier alpha value is -1.33. The molecule has 0 radical (unpaired) electrons. The van der Waals surface area contributed by atoms with Gasteiger partial charge in [-0.15, -0.1) is 11.3 Å². The van der Waals surface area contributed by atoms with Gasteiger partial charge in [-0.3, -0.25) is 0 Å². The van der Waals surface area contributed by atoms with Crippen LogP contribution >= 0.6 is 34.5 Å². The number of nitrogens with one attached hydrogen (secondary N) is 1. The number of thiophene rings is 1. The van der Waals surface area contributed by atoms with Crippen LogP contribution in [0.4, 0.5) is 0 Å². The molecule has 0 fully saturated rings. The molecule has 1 unspecified atom stereocenters. The van der Waals surface area contributed by atoms with E-state index in [1.807, 2.05) is 11.4 Å². The molecule has 2 heterocycles. The molecule has 0 bridgehead atoms. The van der Waals surface area contributed by atoms with Crippen molar-refractivity contribution in [3.63, 3.8) is 0 Å². The number of benzene rings is 1. The first-order valence-corrected chi connectivity index (χ1v) is 7.50. The Kier molecular flexibility index (Phi) is 3.81. The average Bonchev–Trinajstić information content (AvgIpc) is 3.09. The van der Waals surface area contributed by atoms with Gasteiger partial charge < -0.3 is 10.1 Å². The van der Waals surface area contributed by atoms with E-state index in [2.05, 4.69) is 9.97 Å². The summed E-state index contributed by atoms with van der Waals surface area (Å²) < 4.78 is 0. The largest absolute Gasteiger partial charge is 0.383 e. The van der Waals surface area contributed by atoms with E-state index in [-0.39, 0.29) is 0 Å². The number of aliphatic hydroxyl groups is 1. The fourth-order valence-electron chi connectivity index (χ4n) is 2.01. The summed E-state index contributed by atoms with van der Waals surface area (Å²) in [7, 11) is 0. The normalized spacial score (nSPS) is 12.6. The first kappa shape index (κ1) is 13.6. The van der Waals surface area contributed by atoms with Gasteiger partial charge in [0.05, 0.1) is 0 Å². The third-order valence-corrected chi connectivity index (χ3v) is 4.49. The second-order valence-electron chi connectivity index (χ2n) is 4.20. The number of nitrogens with zero attached hydrogens (tertiary/aromatic N) is 1. The van der Waals surface area contributed by atoms with Crippen LogP contribution in [0.25, 0.3) is 11.4 Å². The molecule has 3 nitrogen and oxygen atoms in total. The van der Waals surface area contributed by atoms with Gasteiger partial charge in [0, 0.05) is 38.4 Å². The maximum absolute atomic E-state index is 10.6. The molecule has 2 aromatic heterocycles. The fraction of sp³-hybridized carbons (Fsp3) is 0.0714. The average molecular weight is 325 g/mol. The fourth-order valence-corrected chi connectivity index (χ4v) is 3.42. The van der Waals surface area contributed by atoms with Crippen molar-refractivity contribution < 1.29 is 5.11 Å². The van der Waals surface area contributed by atoms with Crippen LogP contribution < -0.4 is 0 Å². The van der Waals surface area contributed by atoms with Gasteiger partial charge in [0.15, 0.2) is 0 Å². The molecule has 0 amide bonds. The predicted octanol–water partition coefficient (Wildman–Crippen LogP) is 4.53. The van der Waals surface area contributed by atoms with E-state index >= 15 is 0 Å². The summed E-state index contributed by atoms with van der Waals surface area (Å²) in [5.41, 5.74) is 1.50. The van der Waals surface area contributed by atoms with Crippen molar-refractivity contribution in [1.29, 1.82) is 0 Å². The minimum absolute atomic E-state index is 0.448. The molecular weight excluding hydrogens is 315 g/mol. The van der Waals surface area contributed by atoms with E-state index < -0.39 is 6.10 Å². The predicted molar refractivity (Wildman–Crippen MR) is 82.4 cm³/mol. The molecule has 6 heteroatoms. The first-order valence-electron chi connectivity index (χ1n) is 5.87. The maximum Gasteiger partial charge on any atom is 0.138 e. The highest BCUT2D eigenvalue weighted by atomic mass is 35.5. The van der Waals surface area contributed by atoms with Crippen molar-refractivity contribution in [2.45, 2.75) is 6.10 Å². The van der Waals surface area contributed by atoms with Crippen molar-refractivity contribution in [2.24, 2.45) is 0 Å². The zero-order valence-corrected chi connectivity index (χ0v) is 12.5. The Balaban J connectivity index is 2.03. The lowest BCUT2D eigenvalue weighted by atomic mass is 10.0. The van der Waals surface area contributed by atoms with Gasteiger partial charge in [0.25, 0.3) is 0 Å². The number of aliphatic hydroxyl groups excluding tert-OH is 1. The highest BCUT2D eigenvalue weighted by Crippen LogP contribution is 2.37. The third-order valence-electron chi connectivity index (χ3n) is 2.95. The molecule has 3 rings (SSSR count). The molecule has 0 saturated carbocycles. The van der Waals surface area contributed by atoms with Crippen LogP contribution in [0.15, 0.2) is 42.0 Å². The summed E-state index contributed by atoms with van der Waals surface area (Å²) in [6.07, 6.45) is 2.62. The molecule has 102 valence electrons. The van der Waals surface area contributed by atoms with Crippen LogP contribution in [-0.4, -0.2) is 15.1 Å². The van der Waals surface area contributed by atoms with E-state index in [1.54, 1.807) is 30.6 Å². The molecule has 0 aliphatic heterocycles. The molecule has 1 aromatic carbocycles. The summed E-state index contributed by atoms with van der Waals surface area (Å²) in [5.74, 6) is 0.727. The van der Waals surface area contributed by atoms with Gasteiger partial charge in [-0.05, 0) is 23.6 Å². The second-order valence-corrected chi connectivity index (χ2v) is 6.00. The van der Waals surface area contributed by atoms with Gasteiger partial charge in [-0.2, -0.15) is 0 Å². The van der Waals surface area contributed by atoms with Crippen LogP contribution in [0.2, 0.25) is 10.0 Å². The Morgan fingerprint density at radius 1 is 1.25 bits per heavy atom. The standard InChI is InChI=1S/C14H10Cl2N2OS/c15-8-1-2-9(11(16)7-8)12(19)13-10(3-6-20-13)14-17-4-5-18-14/h1-7,12,19H,(H,17,18). The second kappa shape index (κ2) is 5.58. The number of hydrogen-bond donors (Lipinski definition) is 2. The number of aromatic nitrogens is 2. The molecular formula is C14H10Cl2N2OS. The number of hydrogen-bond acceptors (Lipinski definition) is 3. The lowest BCUT2D eigenvalue weighted by Crippen LogP contribution is -2.00. The molecule has 0 spiro atoms. The van der Waals surface area contributed by atoms with Crippen LogP contribution in [0.5, 0.6) is 0 Å². The molecule has 0 saturated heterocycles. The minimum Gasteiger partial charge on any atom is -0.383 e. The molecule has 2 N–H and O–H groups in total. The Bertz CT molecular complexity index is 725. The van der Waals surface area contributed by atoms with E-state index in [0.29, 0.717) is 15.6 Å². The van der Waals surface area contributed by atoms with Gasteiger partial charge in [-0.25, -0.2) is 4.98 Å². The lowest BCUT2D eigenvalue weighted by molar-refractivity contribution is 0.225. The van der Waals surface area contributed by atoms with E-state index in [0.717, 1.165) is 16.3 Å². The van der Waals surface area contributed by atoms with Crippen LogP contribution in [0, 0.1) is 0 Å². The van der Waals surface area contributed by atoms with Crippen LogP contribution in [0.1, 0.15) is 16.5 Å². The van der Waals surface area contributed by atoms with Crippen LogP contribution in [-0.2, 0) is 0 Å². The molecule has 1 atom stereocenters. The third kappa shape index (κ3) is 2.47. The summed E-state index contributed by atoms with van der Waals surface area (Å²) in [6, 6.07) is 7.00.